The SMILES string of the molecule is [2H]c1c([2H])c([2H])c(-c2ccc3c(c2)N(c2c(-c4ccccc4)cc(C(C)(C)C)cc2-c2ccccc2)c2c4c(cc5c2c2cccc6c7ccccc7c7ccccc7c7ccccc7n5c62)-n2c5ccc(-c6c([2H])c([2H])c([2H])c([2H])c6[2H])cc5c5cc(-n6c7ccc(C(C)(C)C)cc7c7cc(C(C)(C)C)ccc76)cc(c52)B34)c([2H])c1[2H]. The molecule has 510 valence electrons. The summed E-state index contributed by atoms with van der Waals surface area (Å²) in [7, 11) is 0. The van der Waals surface area contributed by atoms with Gasteiger partial charge in [-0.15, -0.1) is 0 Å². The van der Waals surface area contributed by atoms with E-state index in [4.69, 9.17) is 5.48 Å². The second-order valence-electron chi connectivity index (χ2n) is 32.4. The minimum absolute atomic E-state index is 0.0769. The van der Waals surface area contributed by atoms with E-state index in [1.807, 2.05) is 18.2 Å². The van der Waals surface area contributed by atoms with E-state index in [0.29, 0.717) is 11.1 Å². The highest BCUT2D eigenvalue weighted by atomic mass is 15.2. The molecular weight excluding hydrogens is 1290 g/mol. The normalized spacial score (nSPS) is 14.4. The van der Waals surface area contributed by atoms with Crippen LogP contribution in [0, 0.1) is 0 Å². The van der Waals surface area contributed by atoms with Gasteiger partial charge in [0.2, 0.25) is 0 Å². The van der Waals surface area contributed by atoms with Gasteiger partial charge in [-0.1, -0.05) is 299 Å². The first kappa shape index (κ1) is 53.4. The van der Waals surface area contributed by atoms with Gasteiger partial charge < -0.3 is 18.4 Å². The number of hydrogen-bond donors (Lipinski definition) is 0. The zero-order chi connectivity index (χ0) is 80.8. The lowest BCUT2D eigenvalue weighted by molar-refractivity contribution is 0.590. The number of benzene rings is 15. The molecule has 0 amide bonds. The Morgan fingerprint density at radius 1 is 0.290 bits per heavy atom. The summed E-state index contributed by atoms with van der Waals surface area (Å²) < 4.78 is 101. The summed E-state index contributed by atoms with van der Waals surface area (Å²) in [6.07, 6.45) is 0. The number of anilines is 3. The molecule has 0 aliphatic carbocycles. The number of hydrogen-bond acceptors (Lipinski definition) is 1. The van der Waals surface area contributed by atoms with Crippen molar-refractivity contribution in [3.05, 3.63) is 332 Å². The fourth-order valence-corrected chi connectivity index (χ4v) is 18.1. The average molecular weight is 1380 g/mol. The summed E-state index contributed by atoms with van der Waals surface area (Å²) in [5.41, 5.74) is 21.4. The van der Waals surface area contributed by atoms with Gasteiger partial charge in [0.1, 0.15) is 0 Å². The van der Waals surface area contributed by atoms with E-state index in [1.54, 1.807) is 0 Å². The molecule has 2 aliphatic heterocycles. The predicted molar refractivity (Wildman–Crippen MR) is 460 cm³/mol. The van der Waals surface area contributed by atoms with Crippen LogP contribution in [0.1, 0.15) is 92.7 Å². The van der Waals surface area contributed by atoms with E-state index in [1.165, 1.54) is 11.1 Å². The van der Waals surface area contributed by atoms with Crippen LogP contribution in [0.2, 0.25) is 0 Å². The Morgan fingerprint density at radius 3 is 1.36 bits per heavy atom. The van der Waals surface area contributed by atoms with Crippen LogP contribution in [-0.2, 0) is 16.2 Å². The van der Waals surface area contributed by atoms with Crippen LogP contribution in [0.4, 0.5) is 17.1 Å². The van der Waals surface area contributed by atoms with Gasteiger partial charge in [-0.25, -0.2) is 0 Å². The Bertz CT molecular complexity index is 7520. The highest BCUT2D eigenvalue weighted by Gasteiger charge is 2.46. The number of para-hydroxylation sites is 2. The predicted octanol–water partition coefficient (Wildman–Crippen LogP) is 25.6. The summed E-state index contributed by atoms with van der Waals surface area (Å²) in [6.45, 7) is 19.7. The zero-order valence-electron chi connectivity index (χ0n) is 71.1. The summed E-state index contributed by atoms with van der Waals surface area (Å²) in [6, 6.07) is 88.3. The van der Waals surface area contributed by atoms with Crippen LogP contribution in [0.15, 0.2) is 315 Å². The molecule has 6 heterocycles. The average Bonchev–Trinajstić information content (AvgIpc) is 1.52. The van der Waals surface area contributed by atoms with Gasteiger partial charge in [0.25, 0.3) is 6.71 Å². The smallest absolute Gasteiger partial charge is 0.252 e. The molecule has 0 unspecified atom stereocenters. The summed E-state index contributed by atoms with van der Waals surface area (Å²) in [5.74, 6) is 0. The van der Waals surface area contributed by atoms with Crippen molar-refractivity contribution in [2.24, 2.45) is 0 Å². The standard InChI is InChI=1S/C102H79BN4/c1-100(2,3)68-47-51-88-82(55-68)83-56-69(101(4,5)6)48-52-89(83)104(88)71-59-84-81-53-66(62-29-14-10-15-30-62)46-50-90(81)106-93-61-92-94(78-43-28-42-77-75-40-25-23-38-73(75)72-37-22-24-39-74(72)76-41-26-27-44-87(76)105(92)96(77)78)99-95(93)103(86(60-71)98(84)106)85-49-45-67(63-31-16-11-17-32-63)54-91(85)107(99)97-79(64-33-18-12-19-34-64)57-70(102(7,8)9)58-80(97)65-35-20-13-21-36-65/h10-61H,1-9H3/i10D,11D,14D,15D,16D,17D,29D,30D,31D,32D. The highest BCUT2D eigenvalue weighted by molar-refractivity contribution is 7.00. The molecule has 4 nitrogen and oxygen atoms in total. The Balaban J connectivity index is 1.04. The van der Waals surface area contributed by atoms with Gasteiger partial charge in [-0.3, -0.25) is 0 Å². The number of rotatable bonds is 6. The van der Waals surface area contributed by atoms with Gasteiger partial charge in [0, 0.05) is 76.8 Å². The molecule has 0 atom stereocenters. The summed E-state index contributed by atoms with van der Waals surface area (Å²) in [4.78, 5) is 2.50. The van der Waals surface area contributed by atoms with Crippen molar-refractivity contribution in [3.63, 3.8) is 0 Å². The van der Waals surface area contributed by atoms with Gasteiger partial charge >= 0.3 is 0 Å². The number of fused-ring (bicyclic) bond motifs is 21. The van der Waals surface area contributed by atoms with E-state index in [9.17, 15) is 8.22 Å². The molecule has 0 saturated heterocycles. The maximum atomic E-state index is 9.87. The molecule has 0 radical (unpaired) electrons. The molecule has 0 saturated carbocycles. The molecule has 0 bridgehead atoms. The maximum Gasteiger partial charge on any atom is 0.252 e. The second-order valence-corrected chi connectivity index (χ2v) is 32.4. The van der Waals surface area contributed by atoms with Crippen molar-refractivity contribution < 1.29 is 13.7 Å². The largest absolute Gasteiger partial charge is 0.310 e. The van der Waals surface area contributed by atoms with Gasteiger partial charge in [-0.2, -0.15) is 0 Å². The summed E-state index contributed by atoms with van der Waals surface area (Å²) in [5, 5.41) is 12.2. The number of nitrogens with zero attached hydrogens (tertiary/aromatic N) is 4. The molecule has 5 heteroatoms. The molecule has 0 N–H and O–H groups in total. The Kier molecular flexibility index (Phi) is 11.5. The third kappa shape index (κ3) is 9.42. The first-order valence-corrected chi connectivity index (χ1v) is 37.2. The van der Waals surface area contributed by atoms with Crippen LogP contribution < -0.4 is 21.3 Å². The fraction of sp³-hybridized carbons (Fsp3) is 0.118. The minimum Gasteiger partial charge on any atom is -0.310 e. The maximum absolute atomic E-state index is 9.87. The topological polar surface area (TPSA) is 17.5 Å². The van der Waals surface area contributed by atoms with Crippen molar-refractivity contribution in [3.8, 4) is 55.9 Å². The highest BCUT2D eigenvalue weighted by Crippen LogP contribution is 2.55. The van der Waals surface area contributed by atoms with Crippen LogP contribution in [-0.4, -0.2) is 20.2 Å². The molecule has 0 fully saturated rings. The van der Waals surface area contributed by atoms with E-state index in [-0.39, 0.29) is 51.5 Å². The molecule has 2 aliphatic rings. The van der Waals surface area contributed by atoms with Crippen molar-refractivity contribution in [1.82, 2.24) is 13.5 Å². The minimum atomic E-state index is -0.637. The second kappa shape index (κ2) is 23.0. The van der Waals surface area contributed by atoms with Gasteiger partial charge in [0.05, 0.1) is 58.2 Å². The van der Waals surface area contributed by atoms with Crippen LogP contribution in [0.5, 0.6) is 0 Å². The third-order valence-electron chi connectivity index (χ3n) is 23.2. The van der Waals surface area contributed by atoms with Crippen LogP contribution in [0.3, 0.4) is 0 Å². The lowest BCUT2D eigenvalue weighted by Gasteiger charge is -2.43. The molecule has 15 aromatic carbocycles. The van der Waals surface area contributed by atoms with Gasteiger partial charge in [0.15, 0.2) is 0 Å². The van der Waals surface area contributed by atoms with Crippen molar-refractivity contribution in [2.75, 3.05) is 4.90 Å². The van der Waals surface area contributed by atoms with Crippen LogP contribution >= 0.6 is 0 Å². The van der Waals surface area contributed by atoms with E-state index < -0.39 is 43.0 Å². The van der Waals surface area contributed by atoms with Gasteiger partial charge in [-0.05, 0) is 183 Å². The molecule has 107 heavy (non-hydrogen) atoms. The van der Waals surface area contributed by atoms with E-state index in [2.05, 4.69) is 317 Å². The van der Waals surface area contributed by atoms with Crippen molar-refractivity contribution in [2.45, 2.75) is 78.6 Å². The fourth-order valence-electron chi connectivity index (χ4n) is 18.1. The third-order valence-corrected chi connectivity index (χ3v) is 23.2. The molecular formula is C102H79BN4. The van der Waals surface area contributed by atoms with Crippen molar-refractivity contribution in [1.29, 1.82) is 0 Å². The van der Waals surface area contributed by atoms with Crippen LogP contribution in [0.25, 0.3) is 159 Å². The molecule has 4 aromatic heterocycles. The zero-order valence-corrected chi connectivity index (χ0v) is 61.1. The Labute approximate surface area is 638 Å². The van der Waals surface area contributed by atoms with E-state index in [0.717, 1.165) is 176 Å². The lowest BCUT2D eigenvalue weighted by Crippen LogP contribution is -2.60. The quantitative estimate of drug-likeness (QED) is 0.152. The first-order valence-electron chi connectivity index (χ1n) is 42.2. The van der Waals surface area contributed by atoms with E-state index >= 15 is 0 Å². The molecule has 0 spiro atoms. The monoisotopic (exact) mass is 1380 g/mol. The summed E-state index contributed by atoms with van der Waals surface area (Å²) >= 11 is 0. The molecule has 19 aromatic rings. The lowest BCUT2D eigenvalue weighted by atomic mass is 9.33. The first-order chi connectivity index (χ1) is 56.2. The Hall–Kier alpha value is -12.4. The molecule has 21 rings (SSSR count). The number of aromatic nitrogens is 3. The van der Waals surface area contributed by atoms with Crippen molar-refractivity contribution >= 4 is 143 Å². The Morgan fingerprint density at radius 2 is 0.776 bits per heavy atom.